The first kappa shape index (κ1) is 9.15. The normalized spacial score (nSPS) is 10.6. The second-order valence-electron chi connectivity index (χ2n) is 2.91. The zero-order chi connectivity index (χ0) is 10.1. The minimum Gasteiger partial charge on any atom is -0.499 e. The topological polar surface area (TPSA) is 55.5 Å². The summed E-state index contributed by atoms with van der Waals surface area (Å²) in [5, 5.41) is 10.5. The lowest BCUT2D eigenvalue weighted by atomic mass is 10.2. The van der Waals surface area contributed by atoms with Crippen LogP contribution in [0.15, 0.2) is 18.2 Å². The Morgan fingerprint density at radius 2 is 2.29 bits per heavy atom. The average molecular weight is 209 g/mol. The van der Waals surface area contributed by atoms with Crippen molar-refractivity contribution in [1.29, 1.82) is 0 Å². The molecule has 0 spiro atoms. The van der Waals surface area contributed by atoms with Crippen molar-refractivity contribution in [3.8, 4) is 10.8 Å². The molecule has 0 bridgehead atoms. The molecule has 1 heterocycles. The summed E-state index contributed by atoms with van der Waals surface area (Å²) >= 11 is 1.28. The molecular weight excluding hydrogens is 198 g/mol. The standard InChI is InChI=1S/C10H11NO2S/c1-2-13-8-4-3-7(11)6-5-9(12)14-10(6)8/h3-5,12H,2,11H2,1H3. The highest BCUT2D eigenvalue weighted by atomic mass is 32.1. The molecule has 0 amide bonds. The quantitative estimate of drug-likeness (QED) is 0.747. The summed E-state index contributed by atoms with van der Waals surface area (Å²) in [7, 11) is 0. The summed E-state index contributed by atoms with van der Waals surface area (Å²) in [5.41, 5.74) is 6.44. The predicted octanol–water partition coefficient (Wildman–Crippen LogP) is 2.59. The maximum atomic E-state index is 9.38. The van der Waals surface area contributed by atoms with Crippen LogP contribution in [0.5, 0.6) is 10.8 Å². The molecular formula is C10H11NO2S. The van der Waals surface area contributed by atoms with Crippen LogP contribution in [-0.4, -0.2) is 11.7 Å². The van der Waals surface area contributed by atoms with Gasteiger partial charge in [0.2, 0.25) is 0 Å². The minimum atomic E-state index is 0.263. The van der Waals surface area contributed by atoms with Gasteiger partial charge in [0.25, 0.3) is 0 Å². The highest BCUT2D eigenvalue weighted by molar-refractivity contribution is 7.21. The third kappa shape index (κ3) is 1.37. The predicted molar refractivity (Wildman–Crippen MR) is 59.1 cm³/mol. The Balaban J connectivity index is 2.68. The maximum absolute atomic E-state index is 9.38. The van der Waals surface area contributed by atoms with Crippen molar-refractivity contribution >= 4 is 27.1 Å². The highest BCUT2D eigenvalue weighted by Crippen LogP contribution is 2.39. The molecule has 0 radical (unpaired) electrons. The maximum Gasteiger partial charge on any atom is 0.172 e. The van der Waals surface area contributed by atoms with Gasteiger partial charge in [-0.3, -0.25) is 0 Å². The molecule has 3 N–H and O–H groups in total. The third-order valence-electron chi connectivity index (χ3n) is 1.97. The van der Waals surface area contributed by atoms with E-state index in [1.54, 1.807) is 12.1 Å². The number of aromatic hydroxyl groups is 1. The van der Waals surface area contributed by atoms with Crippen LogP contribution in [0.3, 0.4) is 0 Å². The number of rotatable bonds is 2. The van der Waals surface area contributed by atoms with Crippen LogP contribution in [-0.2, 0) is 0 Å². The zero-order valence-corrected chi connectivity index (χ0v) is 8.60. The van der Waals surface area contributed by atoms with Gasteiger partial charge in [-0.2, -0.15) is 0 Å². The van der Waals surface area contributed by atoms with Gasteiger partial charge in [-0.1, -0.05) is 11.3 Å². The van der Waals surface area contributed by atoms with Crippen LogP contribution in [0.25, 0.3) is 10.1 Å². The second-order valence-corrected chi connectivity index (χ2v) is 3.94. The van der Waals surface area contributed by atoms with E-state index in [1.807, 2.05) is 13.0 Å². The summed E-state index contributed by atoms with van der Waals surface area (Å²) in [4.78, 5) is 0. The van der Waals surface area contributed by atoms with Gasteiger partial charge in [0.15, 0.2) is 5.06 Å². The van der Waals surface area contributed by atoms with Gasteiger partial charge < -0.3 is 15.6 Å². The van der Waals surface area contributed by atoms with Crippen molar-refractivity contribution in [2.45, 2.75) is 6.92 Å². The Labute approximate surface area is 85.7 Å². The van der Waals surface area contributed by atoms with Crippen LogP contribution in [0, 0.1) is 0 Å². The van der Waals surface area contributed by atoms with Crippen molar-refractivity contribution in [2.24, 2.45) is 0 Å². The third-order valence-corrected chi connectivity index (χ3v) is 2.92. The average Bonchev–Trinajstić information content (AvgIpc) is 2.53. The molecule has 0 aliphatic heterocycles. The summed E-state index contributed by atoms with van der Waals surface area (Å²) in [6, 6.07) is 5.29. The molecule has 1 aromatic heterocycles. The molecule has 0 fully saturated rings. The summed E-state index contributed by atoms with van der Waals surface area (Å²) in [6.07, 6.45) is 0. The molecule has 4 heteroatoms. The van der Waals surface area contributed by atoms with E-state index in [0.29, 0.717) is 12.3 Å². The fourth-order valence-corrected chi connectivity index (χ4v) is 2.28. The first-order chi connectivity index (χ1) is 6.72. The van der Waals surface area contributed by atoms with E-state index >= 15 is 0 Å². The van der Waals surface area contributed by atoms with E-state index in [1.165, 1.54) is 11.3 Å². The molecule has 0 atom stereocenters. The number of nitrogen functional groups attached to an aromatic ring is 1. The molecule has 0 saturated heterocycles. The SMILES string of the molecule is CCOc1ccc(N)c2cc(O)sc12. The molecule has 2 rings (SSSR count). The van der Waals surface area contributed by atoms with Crippen LogP contribution in [0.2, 0.25) is 0 Å². The van der Waals surface area contributed by atoms with Crippen molar-refractivity contribution in [3.05, 3.63) is 18.2 Å². The summed E-state index contributed by atoms with van der Waals surface area (Å²) < 4.78 is 6.34. The van der Waals surface area contributed by atoms with E-state index in [2.05, 4.69) is 0 Å². The van der Waals surface area contributed by atoms with Crippen molar-refractivity contribution in [3.63, 3.8) is 0 Å². The van der Waals surface area contributed by atoms with E-state index in [0.717, 1.165) is 15.8 Å². The first-order valence-electron chi connectivity index (χ1n) is 4.36. The molecule has 0 aliphatic carbocycles. The number of nitrogens with two attached hydrogens (primary N) is 1. The minimum absolute atomic E-state index is 0.263. The molecule has 1 aromatic carbocycles. The van der Waals surface area contributed by atoms with Crippen molar-refractivity contribution < 1.29 is 9.84 Å². The van der Waals surface area contributed by atoms with E-state index in [4.69, 9.17) is 10.5 Å². The highest BCUT2D eigenvalue weighted by Gasteiger charge is 2.09. The number of benzene rings is 1. The van der Waals surface area contributed by atoms with Crippen LogP contribution in [0.4, 0.5) is 5.69 Å². The molecule has 0 unspecified atom stereocenters. The molecule has 2 aromatic rings. The van der Waals surface area contributed by atoms with Gasteiger partial charge in [-0.05, 0) is 19.1 Å². The van der Waals surface area contributed by atoms with E-state index in [-0.39, 0.29) is 5.06 Å². The van der Waals surface area contributed by atoms with Crippen molar-refractivity contribution in [1.82, 2.24) is 0 Å². The number of hydrogen-bond donors (Lipinski definition) is 2. The van der Waals surface area contributed by atoms with Crippen molar-refractivity contribution in [2.75, 3.05) is 12.3 Å². The van der Waals surface area contributed by atoms with Gasteiger partial charge in [0.1, 0.15) is 5.75 Å². The van der Waals surface area contributed by atoms with Crippen LogP contribution >= 0.6 is 11.3 Å². The molecule has 74 valence electrons. The Morgan fingerprint density at radius 3 is 3.00 bits per heavy atom. The Bertz CT molecular complexity index is 464. The van der Waals surface area contributed by atoms with Gasteiger partial charge in [0.05, 0.1) is 11.3 Å². The zero-order valence-electron chi connectivity index (χ0n) is 7.78. The number of fused-ring (bicyclic) bond motifs is 1. The number of anilines is 1. The Hall–Kier alpha value is -1.42. The second kappa shape index (κ2) is 3.38. The van der Waals surface area contributed by atoms with Gasteiger partial charge in [-0.25, -0.2) is 0 Å². The van der Waals surface area contributed by atoms with E-state index in [9.17, 15) is 5.11 Å². The number of hydrogen-bond acceptors (Lipinski definition) is 4. The van der Waals surface area contributed by atoms with Crippen LogP contribution in [0.1, 0.15) is 6.92 Å². The summed E-state index contributed by atoms with van der Waals surface area (Å²) in [5.74, 6) is 0.780. The van der Waals surface area contributed by atoms with Gasteiger partial charge in [-0.15, -0.1) is 0 Å². The van der Waals surface area contributed by atoms with Gasteiger partial charge >= 0.3 is 0 Å². The lowest BCUT2D eigenvalue weighted by Crippen LogP contribution is -1.92. The smallest absolute Gasteiger partial charge is 0.172 e. The summed E-state index contributed by atoms with van der Waals surface area (Å²) in [6.45, 7) is 2.54. The molecule has 14 heavy (non-hydrogen) atoms. The number of thiophene rings is 1. The molecule has 0 aliphatic rings. The lowest BCUT2D eigenvalue weighted by Gasteiger charge is -2.04. The lowest BCUT2D eigenvalue weighted by molar-refractivity contribution is 0.345. The largest absolute Gasteiger partial charge is 0.499 e. The number of ether oxygens (including phenoxy) is 1. The Morgan fingerprint density at radius 1 is 1.50 bits per heavy atom. The first-order valence-corrected chi connectivity index (χ1v) is 5.17. The fraction of sp³-hybridized carbons (Fsp3) is 0.200. The molecule has 3 nitrogen and oxygen atoms in total. The Kier molecular flexibility index (Phi) is 2.21. The van der Waals surface area contributed by atoms with Crippen LogP contribution < -0.4 is 10.5 Å². The fourth-order valence-electron chi connectivity index (χ4n) is 1.38. The monoisotopic (exact) mass is 209 g/mol. The van der Waals surface area contributed by atoms with E-state index < -0.39 is 0 Å². The van der Waals surface area contributed by atoms with Gasteiger partial charge in [0, 0.05) is 17.1 Å². The molecule has 0 saturated carbocycles.